The zero-order valence-corrected chi connectivity index (χ0v) is 16.6. The van der Waals surface area contributed by atoms with Crippen LogP contribution in [-0.2, 0) is 14.8 Å². The summed E-state index contributed by atoms with van der Waals surface area (Å²) in [6.07, 6.45) is 0. The molecule has 24 heavy (non-hydrogen) atoms. The van der Waals surface area contributed by atoms with Gasteiger partial charge in [0, 0.05) is 36.6 Å². The minimum Gasteiger partial charge on any atom is -0.350 e. The number of sulfonamides is 1. The van der Waals surface area contributed by atoms with Crippen molar-refractivity contribution in [3.8, 4) is 0 Å². The van der Waals surface area contributed by atoms with Crippen LogP contribution in [0, 0.1) is 6.92 Å². The maximum absolute atomic E-state index is 12.6. The molecule has 0 radical (unpaired) electrons. The van der Waals surface area contributed by atoms with Crippen molar-refractivity contribution in [3.05, 3.63) is 17.0 Å². The molecule has 1 saturated heterocycles. The summed E-state index contributed by atoms with van der Waals surface area (Å²) in [4.78, 5) is 15.3. The van der Waals surface area contributed by atoms with Crippen LogP contribution in [0.2, 0.25) is 0 Å². The largest absolute Gasteiger partial charge is 0.350 e. The lowest BCUT2D eigenvalue weighted by atomic mass is 10.1. The number of aryl methyl sites for hydroxylation is 1. The summed E-state index contributed by atoms with van der Waals surface area (Å²) in [6.45, 7) is 11.6. The van der Waals surface area contributed by atoms with Crippen molar-refractivity contribution >= 4 is 27.3 Å². The van der Waals surface area contributed by atoms with Gasteiger partial charge in [-0.3, -0.25) is 9.69 Å². The molecule has 0 bridgehead atoms. The Balaban J connectivity index is 1.97. The number of rotatable bonds is 4. The average Bonchev–Trinajstić information content (AvgIpc) is 2.92. The fourth-order valence-electron chi connectivity index (χ4n) is 2.65. The van der Waals surface area contributed by atoms with Crippen molar-refractivity contribution in [1.82, 2.24) is 14.5 Å². The zero-order valence-electron chi connectivity index (χ0n) is 15.0. The van der Waals surface area contributed by atoms with E-state index in [9.17, 15) is 13.2 Å². The third-order valence-electron chi connectivity index (χ3n) is 4.01. The number of thiophene rings is 1. The molecule has 0 aliphatic carbocycles. The van der Waals surface area contributed by atoms with Crippen LogP contribution in [-0.4, -0.2) is 61.3 Å². The smallest absolute Gasteiger partial charge is 0.252 e. The topological polar surface area (TPSA) is 69.7 Å². The Bertz CT molecular complexity index is 684. The van der Waals surface area contributed by atoms with Crippen molar-refractivity contribution in [2.75, 3.05) is 26.2 Å². The molecule has 2 rings (SSSR count). The first-order chi connectivity index (χ1) is 11.0. The van der Waals surface area contributed by atoms with Crippen LogP contribution in [0.4, 0.5) is 0 Å². The quantitative estimate of drug-likeness (QED) is 0.872. The minimum atomic E-state index is -3.41. The van der Waals surface area contributed by atoms with Gasteiger partial charge in [-0.15, -0.1) is 11.3 Å². The van der Waals surface area contributed by atoms with Crippen LogP contribution < -0.4 is 5.32 Å². The molecule has 0 aromatic carbocycles. The maximum atomic E-state index is 12.6. The molecule has 0 saturated carbocycles. The van der Waals surface area contributed by atoms with Gasteiger partial charge in [-0.2, -0.15) is 4.31 Å². The van der Waals surface area contributed by atoms with Gasteiger partial charge >= 0.3 is 0 Å². The highest BCUT2D eigenvalue weighted by molar-refractivity contribution is 7.91. The number of nitrogens with zero attached hydrogens (tertiary/aromatic N) is 2. The van der Waals surface area contributed by atoms with E-state index in [1.807, 2.05) is 45.6 Å². The second kappa shape index (κ2) is 7.11. The van der Waals surface area contributed by atoms with Crippen LogP contribution in [0.1, 0.15) is 32.6 Å². The Morgan fingerprint density at radius 2 is 1.79 bits per heavy atom. The highest BCUT2D eigenvalue weighted by Gasteiger charge is 2.33. The van der Waals surface area contributed by atoms with Gasteiger partial charge < -0.3 is 5.32 Å². The highest BCUT2D eigenvalue weighted by Crippen LogP contribution is 2.25. The van der Waals surface area contributed by atoms with Crippen LogP contribution >= 0.6 is 11.3 Å². The van der Waals surface area contributed by atoms with E-state index < -0.39 is 10.0 Å². The molecule has 1 aromatic heterocycles. The number of hydrogen-bond donors (Lipinski definition) is 1. The first kappa shape index (κ1) is 19.4. The van der Waals surface area contributed by atoms with E-state index in [0.717, 1.165) is 4.88 Å². The van der Waals surface area contributed by atoms with Crippen molar-refractivity contribution in [1.29, 1.82) is 0 Å². The minimum absolute atomic E-state index is 0.0207. The Hall–Kier alpha value is -0.960. The second-order valence-corrected chi connectivity index (χ2v) is 10.7. The lowest BCUT2D eigenvalue weighted by Gasteiger charge is -2.37. The predicted molar refractivity (Wildman–Crippen MR) is 96.7 cm³/mol. The van der Waals surface area contributed by atoms with Gasteiger partial charge in [-0.05, 0) is 46.8 Å². The van der Waals surface area contributed by atoms with E-state index in [0.29, 0.717) is 30.4 Å². The lowest BCUT2D eigenvalue weighted by Crippen LogP contribution is -2.56. The molecule has 2 heterocycles. The van der Waals surface area contributed by atoms with Gasteiger partial charge in [-0.25, -0.2) is 8.42 Å². The van der Waals surface area contributed by atoms with E-state index in [4.69, 9.17) is 0 Å². The molecule has 1 aliphatic heterocycles. The van der Waals surface area contributed by atoms with E-state index in [2.05, 4.69) is 5.32 Å². The first-order valence-corrected chi connectivity index (χ1v) is 10.4. The predicted octanol–water partition coefficient (Wildman–Crippen LogP) is 1.67. The summed E-state index contributed by atoms with van der Waals surface area (Å²) >= 11 is 1.30. The fourth-order valence-corrected chi connectivity index (χ4v) is 5.51. The molecule has 1 atom stereocenters. The highest BCUT2D eigenvalue weighted by atomic mass is 32.2. The van der Waals surface area contributed by atoms with Crippen LogP contribution in [0.3, 0.4) is 0 Å². The van der Waals surface area contributed by atoms with Gasteiger partial charge in [0.05, 0.1) is 6.04 Å². The molecule has 1 fully saturated rings. The zero-order chi connectivity index (χ0) is 18.1. The van der Waals surface area contributed by atoms with Crippen LogP contribution in [0.25, 0.3) is 0 Å². The molecule has 8 heteroatoms. The molecule has 0 spiro atoms. The Labute approximate surface area is 148 Å². The number of carbonyl (C=O) groups excluding carboxylic acids is 1. The Kier molecular flexibility index (Phi) is 5.74. The monoisotopic (exact) mass is 373 g/mol. The van der Waals surface area contributed by atoms with E-state index in [1.165, 1.54) is 15.6 Å². The van der Waals surface area contributed by atoms with E-state index in [-0.39, 0.29) is 17.5 Å². The van der Waals surface area contributed by atoms with Gasteiger partial charge in [0.25, 0.3) is 10.0 Å². The van der Waals surface area contributed by atoms with Crippen molar-refractivity contribution in [3.63, 3.8) is 0 Å². The molecular formula is C16H27N3O3S2. The van der Waals surface area contributed by atoms with Gasteiger partial charge in [-0.1, -0.05) is 0 Å². The van der Waals surface area contributed by atoms with Crippen molar-refractivity contribution in [2.24, 2.45) is 0 Å². The van der Waals surface area contributed by atoms with Gasteiger partial charge in [0.2, 0.25) is 5.91 Å². The number of nitrogens with one attached hydrogen (secondary N) is 1. The summed E-state index contributed by atoms with van der Waals surface area (Å²) in [6, 6.07) is 3.23. The molecule has 1 aliphatic rings. The fraction of sp³-hybridized carbons (Fsp3) is 0.688. The van der Waals surface area contributed by atoms with Crippen LogP contribution in [0.5, 0.6) is 0 Å². The third-order valence-corrected chi connectivity index (χ3v) is 7.38. The summed E-state index contributed by atoms with van der Waals surface area (Å²) in [7, 11) is -3.41. The van der Waals surface area contributed by atoms with E-state index >= 15 is 0 Å². The molecule has 1 N–H and O–H groups in total. The van der Waals surface area contributed by atoms with Crippen molar-refractivity contribution in [2.45, 2.75) is 50.4 Å². The van der Waals surface area contributed by atoms with Gasteiger partial charge in [0.1, 0.15) is 4.21 Å². The standard InChI is InChI=1S/C16H27N3O3S2/c1-12-6-7-14(23-12)24(21,22)19-10-8-18(9-11-19)13(2)15(20)17-16(3,4)5/h6-7,13H,8-11H2,1-5H3,(H,17,20)/t13-/m0/s1. The first-order valence-electron chi connectivity index (χ1n) is 8.13. The maximum Gasteiger partial charge on any atom is 0.252 e. The SMILES string of the molecule is Cc1ccc(S(=O)(=O)N2CCN([C@@H](C)C(=O)NC(C)(C)C)CC2)s1. The summed E-state index contributed by atoms with van der Waals surface area (Å²) in [5.74, 6) is -0.0207. The van der Waals surface area contributed by atoms with Crippen molar-refractivity contribution < 1.29 is 13.2 Å². The summed E-state index contributed by atoms with van der Waals surface area (Å²) < 4.78 is 27.2. The Morgan fingerprint density at radius 1 is 1.21 bits per heavy atom. The third kappa shape index (κ3) is 4.56. The average molecular weight is 374 g/mol. The van der Waals surface area contributed by atoms with E-state index in [1.54, 1.807) is 6.07 Å². The number of amides is 1. The number of hydrogen-bond acceptors (Lipinski definition) is 5. The van der Waals surface area contributed by atoms with Crippen LogP contribution in [0.15, 0.2) is 16.3 Å². The molecule has 1 aromatic rings. The number of carbonyl (C=O) groups is 1. The molecule has 6 nitrogen and oxygen atoms in total. The molecule has 0 unspecified atom stereocenters. The normalized spacial score (nSPS) is 19.2. The number of piperazine rings is 1. The summed E-state index contributed by atoms with van der Waals surface area (Å²) in [5.41, 5.74) is -0.270. The second-order valence-electron chi connectivity index (χ2n) is 7.22. The van der Waals surface area contributed by atoms with Gasteiger partial charge in [0.15, 0.2) is 0 Å². The summed E-state index contributed by atoms with van der Waals surface area (Å²) in [5, 5.41) is 2.98. The molecule has 1 amide bonds. The molecule has 136 valence electrons. The lowest BCUT2D eigenvalue weighted by molar-refractivity contribution is -0.127. The molecular weight excluding hydrogens is 346 g/mol. The Morgan fingerprint density at radius 3 is 2.25 bits per heavy atom.